The monoisotopic (exact) mass is 515 g/mol. The standard InChI is InChI=1S/C25H29N3O5S2/c29-13-18-22(20(34)11-26-18)25(31)24-23(21(35)12-27-24)19(30)6-1-3-14-7-8-16-10-17(28(32)33)5-2-4-15(16)9-14/h2,4-5,13-14,18,22-24,26-27H,1,3,6-12H2/t14?,18-,22?,23?,24+/m1/s1. The summed E-state index contributed by atoms with van der Waals surface area (Å²) < 4.78 is 0. The van der Waals surface area contributed by atoms with Gasteiger partial charge < -0.3 is 15.4 Å². The summed E-state index contributed by atoms with van der Waals surface area (Å²) in [6.45, 7) is 0.663. The maximum absolute atomic E-state index is 13.2. The van der Waals surface area contributed by atoms with Crippen LogP contribution in [0.3, 0.4) is 0 Å². The quantitative estimate of drug-likeness (QED) is 0.207. The summed E-state index contributed by atoms with van der Waals surface area (Å²) in [4.78, 5) is 49.6. The van der Waals surface area contributed by atoms with Gasteiger partial charge in [0.05, 0.1) is 35.3 Å². The van der Waals surface area contributed by atoms with Crippen LogP contribution in [0.5, 0.6) is 0 Å². The zero-order valence-electron chi connectivity index (χ0n) is 19.4. The molecule has 4 aliphatic rings. The third-order valence-corrected chi connectivity index (χ3v) is 8.37. The Morgan fingerprint density at radius 3 is 2.66 bits per heavy atom. The first kappa shape index (κ1) is 25.8. The molecule has 0 bridgehead atoms. The Kier molecular flexibility index (Phi) is 8.26. The highest BCUT2D eigenvalue weighted by Crippen LogP contribution is 2.37. The summed E-state index contributed by atoms with van der Waals surface area (Å²) in [7, 11) is 0. The van der Waals surface area contributed by atoms with Crippen molar-refractivity contribution in [3.05, 3.63) is 45.2 Å². The minimum absolute atomic E-state index is 0.0391. The van der Waals surface area contributed by atoms with Crippen molar-refractivity contribution in [3.8, 4) is 0 Å². The van der Waals surface area contributed by atoms with Gasteiger partial charge in [0.2, 0.25) is 5.70 Å². The number of nitrogens with zero attached hydrogens (tertiary/aromatic N) is 1. The number of allylic oxidation sites excluding steroid dienone is 5. The molecule has 3 unspecified atom stereocenters. The minimum Gasteiger partial charge on any atom is -0.302 e. The van der Waals surface area contributed by atoms with Gasteiger partial charge in [-0.15, -0.1) is 0 Å². The lowest BCUT2D eigenvalue weighted by Crippen LogP contribution is -2.47. The predicted molar refractivity (Wildman–Crippen MR) is 139 cm³/mol. The number of Topliss-reactive ketones (excluding diaryl/α,β-unsaturated/α-hetero) is 2. The van der Waals surface area contributed by atoms with E-state index < -0.39 is 23.9 Å². The fourth-order valence-corrected chi connectivity index (χ4v) is 6.38. The summed E-state index contributed by atoms with van der Waals surface area (Å²) in [5, 5.41) is 17.2. The van der Waals surface area contributed by atoms with Crippen molar-refractivity contribution in [1.29, 1.82) is 0 Å². The Labute approximate surface area is 214 Å². The van der Waals surface area contributed by atoms with Crippen LogP contribution >= 0.6 is 24.4 Å². The van der Waals surface area contributed by atoms with Crippen LogP contribution in [-0.2, 0) is 14.4 Å². The molecular weight excluding hydrogens is 486 g/mol. The third kappa shape index (κ3) is 5.61. The second kappa shape index (κ2) is 11.2. The first-order valence-corrected chi connectivity index (χ1v) is 12.9. The summed E-state index contributed by atoms with van der Waals surface area (Å²) in [5.74, 6) is -1.22. The molecule has 2 aliphatic heterocycles. The number of aldehydes is 1. The molecule has 0 spiro atoms. The van der Waals surface area contributed by atoms with Crippen LogP contribution in [0.25, 0.3) is 0 Å². The number of thiocarbonyl (C=S) groups is 2. The van der Waals surface area contributed by atoms with Crippen LogP contribution in [0.2, 0.25) is 0 Å². The van der Waals surface area contributed by atoms with Gasteiger partial charge in [0.15, 0.2) is 5.78 Å². The smallest absolute Gasteiger partial charge is 0.250 e. The molecule has 2 saturated heterocycles. The Morgan fingerprint density at radius 1 is 1.17 bits per heavy atom. The van der Waals surface area contributed by atoms with E-state index in [0.717, 1.165) is 31.3 Å². The molecule has 4 rings (SSSR count). The van der Waals surface area contributed by atoms with E-state index in [1.807, 2.05) is 6.08 Å². The molecule has 0 radical (unpaired) electrons. The number of nitrogens with one attached hydrogen (secondary N) is 2. The molecule has 0 saturated carbocycles. The van der Waals surface area contributed by atoms with E-state index in [2.05, 4.69) is 10.6 Å². The van der Waals surface area contributed by atoms with Crippen molar-refractivity contribution in [2.75, 3.05) is 13.1 Å². The molecule has 2 fully saturated rings. The van der Waals surface area contributed by atoms with Gasteiger partial charge in [-0.3, -0.25) is 19.7 Å². The van der Waals surface area contributed by atoms with Crippen LogP contribution < -0.4 is 10.6 Å². The Bertz CT molecular complexity index is 1060. The third-order valence-electron chi connectivity index (χ3n) is 7.57. The summed E-state index contributed by atoms with van der Waals surface area (Å²) in [5.41, 5.74) is 2.55. The summed E-state index contributed by atoms with van der Waals surface area (Å²) in [6.07, 6.45) is 11.0. The number of hydrogen-bond acceptors (Lipinski definition) is 9. The van der Waals surface area contributed by atoms with Crippen molar-refractivity contribution in [1.82, 2.24) is 10.6 Å². The van der Waals surface area contributed by atoms with E-state index in [1.165, 1.54) is 5.57 Å². The molecule has 186 valence electrons. The molecule has 0 aromatic carbocycles. The van der Waals surface area contributed by atoms with Gasteiger partial charge in [-0.2, -0.15) is 0 Å². The Balaban J connectivity index is 1.32. The van der Waals surface area contributed by atoms with Crippen LogP contribution in [0.4, 0.5) is 0 Å². The molecule has 2 N–H and O–H groups in total. The number of carbonyl (C=O) groups excluding carboxylic acids is 3. The Morgan fingerprint density at radius 2 is 1.91 bits per heavy atom. The highest BCUT2D eigenvalue weighted by molar-refractivity contribution is 7.80. The highest BCUT2D eigenvalue weighted by atomic mass is 32.1. The first-order chi connectivity index (χ1) is 16.8. The average molecular weight is 516 g/mol. The number of hydrogen-bond donors (Lipinski definition) is 2. The van der Waals surface area contributed by atoms with Crippen molar-refractivity contribution in [3.63, 3.8) is 0 Å². The number of carbonyl (C=O) groups is 3. The number of nitro groups is 1. The highest BCUT2D eigenvalue weighted by Gasteiger charge is 2.47. The van der Waals surface area contributed by atoms with Crippen molar-refractivity contribution in [2.45, 2.75) is 57.0 Å². The zero-order chi connectivity index (χ0) is 25.1. The molecule has 8 nitrogen and oxygen atoms in total. The average Bonchev–Trinajstić information content (AvgIpc) is 3.32. The van der Waals surface area contributed by atoms with E-state index in [1.54, 1.807) is 12.2 Å². The van der Waals surface area contributed by atoms with Gasteiger partial charge >= 0.3 is 0 Å². The molecule has 5 atom stereocenters. The van der Waals surface area contributed by atoms with E-state index in [4.69, 9.17) is 24.4 Å². The SMILES string of the molecule is O=C[C@H]1NCC(=S)C1C(=O)[C@H]1NCC(=S)C1C(=O)CCCC1CCC2=C(C=CC=C([N+](=O)[O-])C2)C1. The lowest BCUT2D eigenvalue weighted by atomic mass is 9.79. The van der Waals surface area contributed by atoms with Gasteiger partial charge in [-0.1, -0.05) is 42.2 Å². The minimum atomic E-state index is -0.734. The van der Waals surface area contributed by atoms with Crippen molar-refractivity contribution in [2.24, 2.45) is 17.8 Å². The van der Waals surface area contributed by atoms with E-state index in [0.29, 0.717) is 54.3 Å². The second-order valence-corrected chi connectivity index (χ2v) is 10.8. The lowest BCUT2D eigenvalue weighted by Gasteiger charge is -2.26. The number of rotatable bonds is 9. The van der Waals surface area contributed by atoms with Crippen LogP contribution in [-0.4, -0.2) is 57.7 Å². The molecule has 2 aliphatic carbocycles. The van der Waals surface area contributed by atoms with Crippen LogP contribution in [0.15, 0.2) is 35.1 Å². The fraction of sp³-hybridized carbons (Fsp3) is 0.560. The molecular formula is C25H29N3O5S2. The van der Waals surface area contributed by atoms with Crippen LogP contribution in [0, 0.1) is 27.9 Å². The van der Waals surface area contributed by atoms with Gasteiger partial charge in [-0.25, -0.2) is 0 Å². The van der Waals surface area contributed by atoms with E-state index in [9.17, 15) is 24.5 Å². The largest absolute Gasteiger partial charge is 0.302 e. The zero-order valence-corrected chi connectivity index (χ0v) is 21.0. The molecule has 2 heterocycles. The molecule has 10 heteroatoms. The fourth-order valence-electron chi connectivity index (χ4n) is 5.69. The summed E-state index contributed by atoms with van der Waals surface area (Å²) in [6, 6.07) is -1.39. The molecule has 0 aromatic heterocycles. The molecule has 0 aromatic rings. The van der Waals surface area contributed by atoms with Crippen LogP contribution in [0.1, 0.15) is 44.9 Å². The van der Waals surface area contributed by atoms with E-state index >= 15 is 0 Å². The normalized spacial score (nSPS) is 30.6. The van der Waals surface area contributed by atoms with Crippen molar-refractivity contribution >= 4 is 52.0 Å². The Hall–Kier alpha value is -2.27. The number of ketones is 2. The lowest BCUT2D eigenvalue weighted by molar-refractivity contribution is -0.427. The maximum Gasteiger partial charge on any atom is 0.250 e. The van der Waals surface area contributed by atoms with Gasteiger partial charge in [0.1, 0.15) is 12.1 Å². The second-order valence-electron chi connectivity index (χ2n) is 9.74. The molecule has 0 amide bonds. The van der Waals surface area contributed by atoms with Gasteiger partial charge in [-0.05, 0) is 43.6 Å². The maximum atomic E-state index is 13.2. The van der Waals surface area contributed by atoms with Gasteiger partial charge in [0, 0.05) is 35.3 Å². The predicted octanol–water partition coefficient (Wildman–Crippen LogP) is 2.63. The molecule has 35 heavy (non-hydrogen) atoms. The van der Waals surface area contributed by atoms with Gasteiger partial charge in [0.25, 0.3) is 0 Å². The topological polar surface area (TPSA) is 118 Å². The van der Waals surface area contributed by atoms with E-state index in [-0.39, 0.29) is 22.2 Å². The van der Waals surface area contributed by atoms with Crippen molar-refractivity contribution < 1.29 is 19.3 Å². The summed E-state index contributed by atoms with van der Waals surface area (Å²) >= 11 is 10.7. The first-order valence-electron chi connectivity index (χ1n) is 12.1.